The minimum atomic E-state index is 0. The van der Waals surface area contributed by atoms with Gasteiger partial charge in [0.2, 0.25) is 0 Å². The smallest absolute Gasteiger partial charge is 0.190 e. The summed E-state index contributed by atoms with van der Waals surface area (Å²) in [5, 5.41) is 6.19. The highest BCUT2D eigenvalue weighted by Gasteiger charge is 2.07. The van der Waals surface area contributed by atoms with E-state index in [-0.39, 0.29) is 24.0 Å². The number of halogens is 1. The molecule has 1 unspecified atom stereocenters. The van der Waals surface area contributed by atoms with Gasteiger partial charge in [-0.15, -0.1) is 24.0 Å². The molecule has 1 aromatic carbocycles. The molecule has 0 saturated heterocycles. The molecule has 2 N–H and O–H groups in total. The molecule has 1 atom stereocenters. The van der Waals surface area contributed by atoms with E-state index in [0.717, 1.165) is 24.0 Å². The molecule has 0 amide bonds. The Morgan fingerprint density at radius 3 is 2.50 bits per heavy atom. The molecule has 0 fully saturated rings. The molecule has 1 aromatic rings. The summed E-state index contributed by atoms with van der Waals surface area (Å²) in [6.45, 7) is 3.53. The van der Waals surface area contributed by atoms with Crippen LogP contribution in [0, 0.1) is 5.92 Å². The number of guanidine groups is 1. The standard InChI is InChI=1S/C14H23N3O2.HI/c1-11(9-17-14(15-2)16-3)10-19-13-8-6-5-7-12(13)18-4;/h5-8,11H,9-10H2,1-4H3,(H2,15,16,17);1H. The Morgan fingerprint density at radius 2 is 1.95 bits per heavy atom. The molecule has 1 rings (SSSR count). The van der Waals surface area contributed by atoms with Gasteiger partial charge in [0.25, 0.3) is 0 Å². The van der Waals surface area contributed by atoms with E-state index in [1.54, 1.807) is 14.2 Å². The molecule has 0 radical (unpaired) electrons. The van der Waals surface area contributed by atoms with Crippen LogP contribution in [0.4, 0.5) is 0 Å². The molecule has 0 heterocycles. The van der Waals surface area contributed by atoms with Crippen molar-refractivity contribution in [3.05, 3.63) is 24.3 Å². The predicted octanol–water partition coefficient (Wildman–Crippen LogP) is 2.12. The Kier molecular flexibility index (Phi) is 9.96. The summed E-state index contributed by atoms with van der Waals surface area (Å²) in [6, 6.07) is 7.66. The summed E-state index contributed by atoms with van der Waals surface area (Å²) in [5.74, 6) is 2.67. The number of rotatable bonds is 6. The van der Waals surface area contributed by atoms with E-state index in [0.29, 0.717) is 12.5 Å². The van der Waals surface area contributed by atoms with Crippen molar-refractivity contribution in [2.45, 2.75) is 6.92 Å². The van der Waals surface area contributed by atoms with Crippen molar-refractivity contribution in [3.8, 4) is 11.5 Å². The second-order valence-electron chi connectivity index (χ2n) is 4.27. The average molecular weight is 393 g/mol. The summed E-state index contributed by atoms with van der Waals surface area (Å²) in [5.41, 5.74) is 0. The topological polar surface area (TPSA) is 54.9 Å². The first-order chi connectivity index (χ1) is 9.21. The van der Waals surface area contributed by atoms with Crippen LogP contribution in [0.25, 0.3) is 0 Å². The predicted molar refractivity (Wildman–Crippen MR) is 93.5 cm³/mol. The van der Waals surface area contributed by atoms with Crippen LogP contribution >= 0.6 is 24.0 Å². The summed E-state index contributed by atoms with van der Waals surface area (Å²) in [4.78, 5) is 4.06. The average Bonchev–Trinajstić information content (AvgIpc) is 2.46. The molecule has 0 aliphatic rings. The van der Waals surface area contributed by atoms with E-state index in [4.69, 9.17) is 9.47 Å². The second kappa shape index (κ2) is 10.6. The number of hydrogen-bond acceptors (Lipinski definition) is 3. The number of ether oxygens (including phenoxy) is 2. The first-order valence-corrected chi connectivity index (χ1v) is 6.35. The molecular weight excluding hydrogens is 369 g/mol. The first kappa shape index (κ1) is 18.8. The molecule has 0 aliphatic carbocycles. The summed E-state index contributed by atoms with van der Waals surface area (Å²) in [6.07, 6.45) is 0. The molecule has 0 aromatic heterocycles. The SMILES string of the molecule is CN=C(NC)NCC(C)COc1ccccc1OC.I. The molecule has 0 bridgehead atoms. The van der Waals surface area contributed by atoms with Crippen molar-refractivity contribution in [1.29, 1.82) is 0 Å². The monoisotopic (exact) mass is 393 g/mol. The Hall–Kier alpha value is -1.18. The maximum atomic E-state index is 5.76. The van der Waals surface area contributed by atoms with Crippen LogP contribution in [0.15, 0.2) is 29.3 Å². The molecule has 0 spiro atoms. The van der Waals surface area contributed by atoms with Crippen LogP contribution in [0.2, 0.25) is 0 Å². The summed E-state index contributed by atoms with van der Waals surface area (Å²) < 4.78 is 11.0. The van der Waals surface area contributed by atoms with E-state index < -0.39 is 0 Å². The van der Waals surface area contributed by atoms with Gasteiger partial charge in [-0.2, -0.15) is 0 Å². The van der Waals surface area contributed by atoms with Gasteiger partial charge in [0.1, 0.15) is 0 Å². The lowest BCUT2D eigenvalue weighted by atomic mass is 10.2. The lowest BCUT2D eigenvalue weighted by Gasteiger charge is -2.16. The molecule has 20 heavy (non-hydrogen) atoms. The highest BCUT2D eigenvalue weighted by atomic mass is 127. The van der Waals surface area contributed by atoms with Gasteiger partial charge >= 0.3 is 0 Å². The molecule has 5 nitrogen and oxygen atoms in total. The van der Waals surface area contributed by atoms with Crippen molar-refractivity contribution in [1.82, 2.24) is 10.6 Å². The fraction of sp³-hybridized carbons (Fsp3) is 0.500. The van der Waals surface area contributed by atoms with Gasteiger partial charge in [0, 0.05) is 26.6 Å². The number of aliphatic imine (C=N–C) groups is 1. The van der Waals surface area contributed by atoms with Crippen LogP contribution in [-0.2, 0) is 0 Å². The number of para-hydroxylation sites is 2. The van der Waals surface area contributed by atoms with Crippen molar-refractivity contribution in [2.75, 3.05) is 34.4 Å². The van der Waals surface area contributed by atoms with E-state index in [1.807, 2.05) is 31.3 Å². The third kappa shape index (κ3) is 6.31. The second-order valence-corrected chi connectivity index (χ2v) is 4.27. The normalized spacial score (nSPS) is 12.1. The number of hydrogen-bond donors (Lipinski definition) is 2. The Morgan fingerprint density at radius 1 is 1.30 bits per heavy atom. The third-order valence-corrected chi connectivity index (χ3v) is 2.67. The molecule has 0 aliphatic heterocycles. The zero-order valence-corrected chi connectivity index (χ0v) is 14.8. The van der Waals surface area contributed by atoms with E-state index >= 15 is 0 Å². The first-order valence-electron chi connectivity index (χ1n) is 6.35. The zero-order chi connectivity index (χ0) is 14.1. The maximum Gasteiger partial charge on any atom is 0.190 e. The third-order valence-electron chi connectivity index (χ3n) is 2.67. The quantitative estimate of drug-likeness (QED) is 0.442. The molecule has 114 valence electrons. The van der Waals surface area contributed by atoms with Crippen LogP contribution in [0.3, 0.4) is 0 Å². The van der Waals surface area contributed by atoms with Gasteiger partial charge in [-0.25, -0.2) is 0 Å². The Balaban J connectivity index is 0.00000361. The van der Waals surface area contributed by atoms with Crippen LogP contribution in [0.1, 0.15) is 6.92 Å². The minimum absolute atomic E-state index is 0. The van der Waals surface area contributed by atoms with Gasteiger partial charge in [0.05, 0.1) is 13.7 Å². The molecule has 6 heteroatoms. The van der Waals surface area contributed by atoms with Crippen molar-refractivity contribution in [2.24, 2.45) is 10.9 Å². The highest BCUT2D eigenvalue weighted by molar-refractivity contribution is 14.0. The number of nitrogens with zero attached hydrogens (tertiary/aromatic N) is 1. The zero-order valence-electron chi connectivity index (χ0n) is 12.5. The van der Waals surface area contributed by atoms with Gasteiger partial charge in [-0.05, 0) is 12.1 Å². The van der Waals surface area contributed by atoms with Gasteiger partial charge < -0.3 is 20.1 Å². The summed E-state index contributed by atoms with van der Waals surface area (Å²) in [7, 11) is 5.23. The van der Waals surface area contributed by atoms with Crippen LogP contribution in [-0.4, -0.2) is 40.3 Å². The van der Waals surface area contributed by atoms with Gasteiger partial charge in [-0.1, -0.05) is 19.1 Å². The Labute approximate surface area is 138 Å². The fourth-order valence-corrected chi connectivity index (χ4v) is 1.58. The van der Waals surface area contributed by atoms with Crippen molar-refractivity contribution < 1.29 is 9.47 Å². The molecular formula is C14H24IN3O2. The lowest BCUT2D eigenvalue weighted by molar-refractivity contribution is 0.248. The van der Waals surface area contributed by atoms with Crippen LogP contribution in [0.5, 0.6) is 11.5 Å². The van der Waals surface area contributed by atoms with Gasteiger partial charge in [0.15, 0.2) is 17.5 Å². The Bertz CT molecular complexity index is 413. The molecule has 0 saturated carbocycles. The van der Waals surface area contributed by atoms with Crippen LogP contribution < -0.4 is 20.1 Å². The van der Waals surface area contributed by atoms with Crippen molar-refractivity contribution in [3.63, 3.8) is 0 Å². The van der Waals surface area contributed by atoms with E-state index in [2.05, 4.69) is 22.5 Å². The van der Waals surface area contributed by atoms with E-state index in [9.17, 15) is 0 Å². The maximum absolute atomic E-state index is 5.76. The highest BCUT2D eigenvalue weighted by Crippen LogP contribution is 2.25. The largest absolute Gasteiger partial charge is 0.493 e. The number of benzene rings is 1. The summed E-state index contributed by atoms with van der Waals surface area (Å²) >= 11 is 0. The fourth-order valence-electron chi connectivity index (χ4n) is 1.58. The van der Waals surface area contributed by atoms with E-state index in [1.165, 1.54) is 0 Å². The lowest BCUT2D eigenvalue weighted by Crippen LogP contribution is -2.38. The number of methoxy groups -OCH3 is 1. The van der Waals surface area contributed by atoms with Crippen molar-refractivity contribution >= 4 is 29.9 Å². The minimum Gasteiger partial charge on any atom is -0.493 e. The number of nitrogens with one attached hydrogen (secondary N) is 2. The van der Waals surface area contributed by atoms with Gasteiger partial charge in [-0.3, -0.25) is 4.99 Å².